The second kappa shape index (κ2) is 14.3. The summed E-state index contributed by atoms with van der Waals surface area (Å²) >= 11 is 1.82. The van der Waals surface area contributed by atoms with Gasteiger partial charge in [-0.3, -0.25) is 0 Å². The monoisotopic (exact) mass is 847 g/mol. The molecule has 2 nitrogen and oxygen atoms in total. The highest BCUT2D eigenvalue weighted by molar-refractivity contribution is 7.25. The van der Waals surface area contributed by atoms with Crippen molar-refractivity contribution < 1.29 is 4.42 Å². The summed E-state index contributed by atoms with van der Waals surface area (Å²) < 4.78 is 9.13. The van der Waals surface area contributed by atoms with E-state index < -0.39 is 0 Å². The molecular weight excluding hydrogens is 807 g/mol. The zero-order chi connectivity index (χ0) is 43.4. The number of rotatable bonds is 6. The predicted molar refractivity (Wildman–Crippen MR) is 275 cm³/mol. The van der Waals surface area contributed by atoms with Crippen LogP contribution in [0.15, 0.2) is 222 Å². The standard InChI is InChI=1S/C62H41NOS/c1-37(2)33-55(63-38(3)39-30-32-59-49(35-39)46-19-7-11-28-58(46)65-59)48-22-14-27-57-61(48)50-36-41(29-31-56(50)64-57)40-15-12-16-42(34-40)43-21-13-26-54-60(43)47-20-6-10-25-53(47)62(54)51-23-8-4-17-44(51)45-18-5-9-24-52(45)62/h4-36H,3H2,1-2H3. The van der Waals surface area contributed by atoms with Crippen LogP contribution in [0.5, 0.6) is 0 Å². The molecule has 0 N–H and O–H groups in total. The minimum atomic E-state index is -0.385. The Morgan fingerprint density at radius 1 is 0.508 bits per heavy atom. The maximum absolute atomic E-state index is 6.58. The number of fused-ring (bicyclic) bond motifs is 16. The van der Waals surface area contributed by atoms with Crippen molar-refractivity contribution >= 4 is 64.9 Å². The normalized spacial score (nSPS) is 13.4. The summed E-state index contributed by atoms with van der Waals surface area (Å²) in [4.78, 5) is 5.29. The highest BCUT2D eigenvalue weighted by atomic mass is 32.1. The van der Waals surface area contributed by atoms with Gasteiger partial charge >= 0.3 is 0 Å². The second-order valence-electron chi connectivity index (χ2n) is 17.7. The van der Waals surface area contributed by atoms with Crippen molar-refractivity contribution in [1.82, 2.24) is 0 Å². The zero-order valence-electron chi connectivity index (χ0n) is 36.0. The molecule has 0 aliphatic heterocycles. The van der Waals surface area contributed by atoms with E-state index in [4.69, 9.17) is 9.41 Å². The first-order chi connectivity index (χ1) is 32.0. The lowest BCUT2D eigenvalue weighted by Gasteiger charge is -2.30. The van der Waals surface area contributed by atoms with Gasteiger partial charge in [-0.05, 0) is 129 Å². The van der Waals surface area contributed by atoms with E-state index >= 15 is 0 Å². The molecule has 0 saturated heterocycles. The fraction of sp³-hybridized carbons (Fsp3) is 0.0484. The number of benzene rings is 9. The van der Waals surface area contributed by atoms with Gasteiger partial charge in [-0.15, -0.1) is 11.3 Å². The van der Waals surface area contributed by atoms with Crippen molar-refractivity contribution in [3.8, 4) is 44.5 Å². The molecule has 0 amide bonds. The Kier molecular flexibility index (Phi) is 8.31. The Bertz CT molecular complexity index is 3840. The first-order valence-electron chi connectivity index (χ1n) is 22.3. The number of nitrogens with zero attached hydrogens (tertiary/aromatic N) is 1. The molecule has 0 saturated carbocycles. The van der Waals surface area contributed by atoms with E-state index in [-0.39, 0.29) is 5.41 Å². The summed E-state index contributed by atoms with van der Waals surface area (Å²) in [6.07, 6.45) is 2.16. The fourth-order valence-electron chi connectivity index (χ4n) is 11.0. The van der Waals surface area contributed by atoms with Crippen molar-refractivity contribution in [1.29, 1.82) is 0 Å². The van der Waals surface area contributed by atoms with Gasteiger partial charge in [-0.2, -0.15) is 0 Å². The minimum Gasteiger partial charge on any atom is -0.456 e. The predicted octanol–water partition coefficient (Wildman–Crippen LogP) is 17.1. The van der Waals surface area contributed by atoms with Crippen LogP contribution in [0.4, 0.5) is 0 Å². The lowest BCUT2D eigenvalue weighted by molar-refractivity contribution is 0.669. The van der Waals surface area contributed by atoms with Crippen LogP contribution in [-0.2, 0) is 5.41 Å². The first kappa shape index (κ1) is 37.7. The van der Waals surface area contributed by atoms with Gasteiger partial charge in [0.15, 0.2) is 0 Å². The van der Waals surface area contributed by atoms with Crippen molar-refractivity contribution in [3.63, 3.8) is 0 Å². The molecule has 9 aromatic carbocycles. The van der Waals surface area contributed by atoms with E-state index in [2.05, 4.69) is 221 Å². The van der Waals surface area contributed by atoms with E-state index in [1.807, 2.05) is 11.3 Å². The Balaban J connectivity index is 0.933. The van der Waals surface area contributed by atoms with E-state index in [1.54, 1.807) is 0 Å². The molecule has 0 radical (unpaired) electrons. The molecule has 1 spiro atoms. The molecule has 0 unspecified atom stereocenters. The van der Waals surface area contributed by atoms with Crippen molar-refractivity contribution in [2.24, 2.45) is 4.99 Å². The molecule has 0 atom stereocenters. The average Bonchev–Trinajstić information content (AvgIpc) is 4.08. The third-order valence-electron chi connectivity index (χ3n) is 13.7. The third-order valence-corrected chi connectivity index (χ3v) is 14.8. The number of hydrogen-bond donors (Lipinski definition) is 0. The van der Waals surface area contributed by atoms with Crippen LogP contribution < -0.4 is 0 Å². The number of allylic oxidation sites excluding steroid dienone is 2. The third kappa shape index (κ3) is 5.56. The topological polar surface area (TPSA) is 25.5 Å². The van der Waals surface area contributed by atoms with Gasteiger partial charge < -0.3 is 4.42 Å². The molecule has 0 fully saturated rings. The molecule has 306 valence electrons. The van der Waals surface area contributed by atoms with Crippen LogP contribution in [0.1, 0.15) is 47.2 Å². The van der Waals surface area contributed by atoms with Crippen LogP contribution in [-0.4, -0.2) is 5.71 Å². The highest BCUT2D eigenvalue weighted by Gasteiger charge is 2.51. The molecule has 2 aliphatic carbocycles. The van der Waals surface area contributed by atoms with Crippen LogP contribution in [0.2, 0.25) is 0 Å². The largest absolute Gasteiger partial charge is 0.456 e. The SMILES string of the molecule is C=C(N=C(C=C(C)C)c1cccc2oc3ccc(-c4cccc(-c5cccc6c5-c5ccccc5C65c6ccccc6-c6ccccc65)c4)cc3c12)c1ccc2sc3ccccc3c2c1. The summed E-state index contributed by atoms with van der Waals surface area (Å²) in [6, 6.07) is 71.1. The summed E-state index contributed by atoms with van der Waals surface area (Å²) in [7, 11) is 0. The Morgan fingerprint density at radius 3 is 1.94 bits per heavy atom. The molecule has 2 aliphatic rings. The minimum absolute atomic E-state index is 0.385. The van der Waals surface area contributed by atoms with Crippen LogP contribution in [0, 0.1) is 0 Å². The number of furan rings is 1. The van der Waals surface area contributed by atoms with Gasteiger partial charge in [0.2, 0.25) is 0 Å². The maximum Gasteiger partial charge on any atom is 0.136 e. The summed E-state index contributed by atoms with van der Waals surface area (Å²) in [5.41, 5.74) is 21.4. The van der Waals surface area contributed by atoms with Crippen molar-refractivity contribution in [2.45, 2.75) is 19.3 Å². The molecule has 2 heterocycles. The van der Waals surface area contributed by atoms with Crippen LogP contribution in [0.3, 0.4) is 0 Å². The molecule has 3 heteroatoms. The second-order valence-corrected chi connectivity index (χ2v) is 18.7. The zero-order valence-corrected chi connectivity index (χ0v) is 36.8. The molecule has 2 aromatic heterocycles. The first-order valence-corrected chi connectivity index (χ1v) is 23.1. The summed E-state index contributed by atoms with van der Waals surface area (Å²) in [6.45, 7) is 8.76. The van der Waals surface area contributed by atoms with E-state index in [0.717, 1.165) is 61.2 Å². The van der Waals surface area contributed by atoms with E-state index in [9.17, 15) is 0 Å². The van der Waals surface area contributed by atoms with Gasteiger partial charge in [0.25, 0.3) is 0 Å². The van der Waals surface area contributed by atoms with Gasteiger partial charge in [-0.1, -0.05) is 164 Å². The number of hydrogen-bond acceptors (Lipinski definition) is 3. The van der Waals surface area contributed by atoms with E-state index in [1.165, 1.54) is 75.8 Å². The number of thiophene rings is 1. The smallest absolute Gasteiger partial charge is 0.136 e. The summed E-state index contributed by atoms with van der Waals surface area (Å²) in [5.74, 6) is 0. The Morgan fingerprint density at radius 2 is 1.14 bits per heavy atom. The van der Waals surface area contributed by atoms with Crippen molar-refractivity contribution in [3.05, 3.63) is 246 Å². The van der Waals surface area contributed by atoms with Crippen LogP contribution in [0.25, 0.3) is 92.3 Å². The molecule has 65 heavy (non-hydrogen) atoms. The lowest BCUT2D eigenvalue weighted by Crippen LogP contribution is -2.25. The molecule has 11 aromatic rings. The highest BCUT2D eigenvalue weighted by Crippen LogP contribution is 2.64. The van der Waals surface area contributed by atoms with Gasteiger partial charge in [-0.25, -0.2) is 4.99 Å². The Hall–Kier alpha value is -7.85. The maximum atomic E-state index is 6.58. The quantitative estimate of drug-likeness (QED) is 0.153. The summed E-state index contributed by atoms with van der Waals surface area (Å²) in [5, 5.41) is 4.60. The average molecular weight is 848 g/mol. The van der Waals surface area contributed by atoms with E-state index in [0.29, 0.717) is 0 Å². The molecular formula is C62H41NOS. The van der Waals surface area contributed by atoms with Gasteiger partial charge in [0, 0.05) is 42.1 Å². The van der Waals surface area contributed by atoms with Gasteiger partial charge in [0.1, 0.15) is 11.2 Å². The lowest BCUT2D eigenvalue weighted by atomic mass is 9.70. The number of aliphatic imine (C=N–C) groups is 1. The molecule has 0 bridgehead atoms. The van der Waals surface area contributed by atoms with Crippen molar-refractivity contribution in [2.75, 3.05) is 0 Å². The molecule has 13 rings (SSSR count). The van der Waals surface area contributed by atoms with Crippen LogP contribution >= 0.6 is 11.3 Å². The van der Waals surface area contributed by atoms with Gasteiger partial charge in [0.05, 0.1) is 16.8 Å². The Labute approximate surface area is 381 Å². The fourth-order valence-corrected chi connectivity index (χ4v) is 12.1.